The van der Waals surface area contributed by atoms with Gasteiger partial charge in [-0.05, 0) is 37.0 Å². The number of aliphatic imine (C=N–C) groups is 1. The van der Waals surface area contributed by atoms with E-state index < -0.39 is 10.4 Å². The first-order valence-electron chi connectivity index (χ1n) is 8.57. The number of aromatic nitrogens is 1. The number of rotatable bonds is 1. The molecule has 1 aliphatic heterocycles. The molecule has 1 aromatic heterocycles. The van der Waals surface area contributed by atoms with Gasteiger partial charge in [-0.3, -0.25) is 4.55 Å². The van der Waals surface area contributed by atoms with Crippen LogP contribution < -0.4 is 0 Å². The summed E-state index contributed by atoms with van der Waals surface area (Å²) in [5, 5.41) is 1.20. The Hall–Kier alpha value is -2.81. The van der Waals surface area contributed by atoms with Crippen molar-refractivity contribution in [3.8, 4) is 0 Å². The predicted molar refractivity (Wildman–Crippen MR) is 109 cm³/mol. The first-order chi connectivity index (χ1) is 13.1. The van der Waals surface area contributed by atoms with Crippen molar-refractivity contribution in [2.45, 2.75) is 13.8 Å². The van der Waals surface area contributed by atoms with Crippen molar-refractivity contribution in [1.82, 2.24) is 4.57 Å². The largest absolute Gasteiger partial charge is 0.726 e. The molecule has 0 atom stereocenters. The molecule has 0 saturated carbocycles. The molecule has 3 aromatic rings. The Balaban J connectivity index is 0.000000403. The summed E-state index contributed by atoms with van der Waals surface area (Å²) in [6, 6.07) is 16.9. The van der Waals surface area contributed by atoms with E-state index in [1.165, 1.54) is 33.4 Å². The molecule has 0 fully saturated rings. The summed E-state index contributed by atoms with van der Waals surface area (Å²) in [5.74, 6) is 1.03. The lowest BCUT2D eigenvalue weighted by Crippen LogP contribution is -2.15. The number of fused-ring (bicyclic) bond motifs is 2. The molecule has 2 heterocycles. The molecule has 0 amide bonds. The number of hydrogen-bond acceptors (Lipinski definition) is 4. The minimum atomic E-state index is -4.92. The van der Waals surface area contributed by atoms with Crippen molar-refractivity contribution in [2.24, 2.45) is 12.0 Å². The van der Waals surface area contributed by atoms with Crippen LogP contribution in [0.1, 0.15) is 23.7 Å². The van der Waals surface area contributed by atoms with Gasteiger partial charge in [0.2, 0.25) is 16.1 Å². The summed E-state index contributed by atoms with van der Waals surface area (Å²) in [5.41, 5.74) is 7.20. The SMILES string of the molecule is CC1=[N+](C)C(=Nc2c(C)n(C)c3ccccc23)c2ccccc21.O=S(=O)([O-])O. The summed E-state index contributed by atoms with van der Waals surface area (Å²) in [6.45, 7) is 4.29. The van der Waals surface area contributed by atoms with Crippen LogP contribution in [0.5, 0.6) is 0 Å². The molecule has 4 rings (SSSR count). The van der Waals surface area contributed by atoms with Crippen LogP contribution in [0.3, 0.4) is 0 Å². The van der Waals surface area contributed by atoms with Crippen LogP contribution in [-0.2, 0) is 17.4 Å². The van der Waals surface area contributed by atoms with Gasteiger partial charge in [0.05, 0.1) is 29.2 Å². The van der Waals surface area contributed by atoms with E-state index in [-0.39, 0.29) is 0 Å². The highest BCUT2D eigenvalue weighted by Gasteiger charge is 2.30. The minimum Gasteiger partial charge on any atom is -0.726 e. The van der Waals surface area contributed by atoms with Gasteiger partial charge in [0, 0.05) is 12.6 Å². The fraction of sp³-hybridized carbons (Fsp3) is 0.200. The Morgan fingerprint density at radius 2 is 1.57 bits per heavy atom. The number of para-hydroxylation sites is 1. The lowest BCUT2D eigenvalue weighted by atomic mass is 10.1. The smallest absolute Gasteiger partial charge is 0.331 e. The lowest BCUT2D eigenvalue weighted by Gasteiger charge is -1.96. The van der Waals surface area contributed by atoms with E-state index in [1.54, 1.807) is 0 Å². The van der Waals surface area contributed by atoms with Gasteiger partial charge in [-0.1, -0.05) is 30.3 Å². The number of amidine groups is 1. The van der Waals surface area contributed by atoms with E-state index >= 15 is 0 Å². The maximum absolute atomic E-state index is 8.63. The quantitative estimate of drug-likeness (QED) is 0.386. The molecule has 146 valence electrons. The van der Waals surface area contributed by atoms with Crippen molar-refractivity contribution >= 4 is 38.5 Å². The fourth-order valence-corrected chi connectivity index (χ4v) is 3.40. The molecule has 7 nitrogen and oxygen atoms in total. The van der Waals surface area contributed by atoms with Crippen molar-refractivity contribution in [3.05, 3.63) is 65.4 Å². The average Bonchev–Trinajstić information content (AvgIpc) is 3.02. The van der Waals surface area contributed by atoms with Gasteiger partial charge >= 0.3 is 5.84 Å². The lowest BCUT2D eigenvalue weighted by molar-refractivity contribution is -0.366. The Labute approximate surface area is 163 Å². The molecular weight excluding hydrogens is 378 g/mol. The highest BCUT2D eigenvalue weighted by molar-refractivity contribution is 7.79. The van der Waals surface area contributed by atoms with Gasteiger partial charge in [0.25, 0.3) is 0 Å². The van der Waals surface area contributed by atoms with Crippen molar-refractivity contribution in [2.75, 3.05) is 7.05 Å². The van der Waals surface area contributed by atoms with Crippen LogP contribution in [-0.4, -0.2) is 45.3 Å². The standard InChI is InChI=1S/C20H20N3.H2O4S/c1-13-15-9-5-6-10-16(15)20(23(13)4)21-19-14(2)22(3)18-12-8-7-11-17(18)19;1-5(2,3)4/h5-12H,1-4H3;(H2,1,2,3,4)/q+1;/p-1. The topological polar surface area (TPSA) is 97.7 Å². The molecule has 0 unspecified atom stereocenters. The van der Waals surface area contributed by atoms with Gasteiger partial charge < -0.3 is 9.12 Å². The Morgan fingerprint density at radius 1 is 1.04 bits per heavy atom. The molecule has 0 radical (unpaired) electrons. The summed E-state index contributed by atoms with van der Waals surface area (Å²) in [6.07, 6.45) is 0. The van der Waals surface area contributed by atoms with Crippen LogP contribution >= 0.6 is 0 Å². The maximum Gasteiger partial charge on any atom is 0.331 e. The molecule has 0 spiro atoms. The van der Waals surface area contributed by atoms with Crippen LogP contribution in [0.25, 0.3) is 10.9 Å². The number of nitrogens with zero attached hydrogens (tertiary/aromatic N) is 3. The number of benzene rings is 2. The second-order valence-corrected chi connectivity index (χ2v) is 7.42. The van der Waals surface area contributed by atoms with Crippen LogP contribution in [0, 0.1) is 6.92 Å². The van der Waals surface area contributed by atoms with Crippen molar-refractivity contribution in [1.29, 1.82) is 0 Å². The molecule has 8 heteroatoms. The van der Waals surface area contributed by atoms with E-state index in [1.807, 2.05) is 0 Å². The van der Waals surface area contributed by atoms with Crippen molar-refractivity contribution in [3.63, 3.8) is 0 Å². The minimum absolute atomic E-state index is 1.03. The highest BCUT2D eigenvalue weighted by Crippen LogP contribution is 2.33. The second-order valence-electron chi connectivity index (χ2n) is 6.56. The molecular formula is C20H21N3O4S. The third-order valence-corrected chi connectivity index (χ3v) is 4.96. The van der Waals surface area contributed by atoms with Crippen LogP contribution in [0.2, 0.25) is 0 Å². The van der Waals surface area contributed by atoms with E-state index in [9.17, 15) is 0 Å². The predicted octanol–water partition coefficient (Wildman–Crippen LogP) is 3.03. The summed E-state index contributed by atoms with van der Waals surface area (Å²) in [4.78, 5) is 5.08. The fourth-order valence-electron chi connectivity index (χ4n) is 3.40. The molecule has 1 N–H and O–H groups in total. The van der Waals surface area contributed by atoms with E-state index in [0.29, 0.717) is 0 Å². The third-order valence-electron chi connectivity index (χ3n) is 4.96. The zero-order chi connectivity index (χ0) is 20.6. The maximum atomic E-state index is 8.63. The number of hydrogen-bond donors (Lipinski definition) is 1. The second kappa shape index (κ2) is 7.31. The summed E-state index contributed by atoms with van der Waals surface area (Å²) >= 11 is 0. The Morgan fingerprint density at radius 3 is 2.21 bits per heavy atom. The normalized spacial score (nSPS) is 15.0. The van der Waals surface area contributed by atoms with Crippen LogP contribution in [0.15, 0.2) is 53.5 Å². The third kappa shape index (κ3) is 3.75. The highest BCUT2D eigenvalue weighted by atomic mass is 32.3. The zero-order valence-electron chi connectivity index (χ0n) is 16.0. The van der Waals surface area contributed by atoms with Gasteiger partial charge in [0.15, 0.2) is 0 Å². The molecule has 0 bridgehead atoms. The van der Waals surface area contributed by atoms with E-state index in [0.717, 1.165) is 11.5 Å². The summed E-state index contributed by atoms with van der Waals surface area (Å²) in [7, 11) is -0.723. The monoisotopic (exact) mass is 399 g/mol. The van der Waals surface area contributed by atoms with Crippen LogP contribution in [0.4, 0.5) is 5.69 Å². The molecule has 28 heavy (non-hydrogen) atoms. The van der Waals surface area contributed by atoms with E-state index in [2.05, 4.69) is 85.6 Å². The first-order valence-corrected chi connectivity index (χ1v) is 9.94. The molecule has 1 aliphatic rings. The Bertz CT molecular complexity index is 1230. The Kier molecular flexibility index (Phi) is 5.20. The van der Waals surface area contributed by atoms with Gasteiger partial charge in [-0.2, -0.15) is 0 Å². The van der Waals surface area contributed by atoms with Gasteiger partial charge in [-0.15, -0.1) is 0 Å². The zero-order valence-corrected chi connectivity index (χ0v) is 16.9. The van der Waals surface area contributed by atoms with Gasteiger partial charge in [0.1, 0.15) is 5.71 Å². The summed E-state index contributed by atoms with van der Waals surface area (Å²) < 4.78 is 37.2. The first kappa shape index (κ1) is 19.9. The van der Waals surface area contributed by atoms with Gasteiger partial charge in [-0.25, -0.2) is 13.0 Å². The molecule has 2 aromatic carbocycles. The number of aryl methyl sites for hydroxylation is 1. The molecule has 0 saturated heterocycles. The molecule has 0 aliphatic carbocycles. The average molecular weight is 399 g/mol. The van der Waals surface area contributed by atoms with E-state index in [4.69, 9.17) is 22.5 Å². The van der Waals surface area contributed by atoms with Crippen molar-refractivity contribution < 1.29 is 22.1 Å².